The molecule has 0 spiro atoms. The lowest BCUT2D eigenvalue weighted by Crippen LogP contribution is -2.45. The third-order valence-corrected chi connectivity index (χ3v) is 5.87. The summed E-state index contributed by atoms with van der Waals surface area (Å²) in [6.45, 7) is 0.971. The summed E-state index contributed by atoms with van der Waals surface area (Å²) < 4.78 is 2.11. The standard InChI is InChI=1S/C17H29N5/c1-3-7-14(8-4-1)21(15-9-5-2-6-10-15)13-17-18-19-20-22(17)16-11-12-16/h14-16H,1-13H2. The predicted molar refractivity (Wildman–Crippen MR) is 85.4 cm³/mol. The number of hydrogen-bond acceptors (Lipinski definition) is 4. The van der Waals surface area contributed by atoms with Crippen molar-refractivity contribution in [2.45, 2.75) is 102 Å². The van der Waals surface area contributed by atoms with Crippen LogP contribution in [0.2, 0.25) is 0 Å². The highest BCUT2D eigenvalue weighted by Crippen LogP contribution is 2.36. The monoisotopic (exact) mass is 303 g/mol. The second-order valence-corrected chi connectivity index (χ2v) is 7.53. The molecule has 3 saturated carbocycles. The van der Waals surface area contributed by atoms with Crippen LogP contribution in [-0.4, -0.2) is 37.2 Å². The molecule has 0 unspecified atom stereocenters. The van der Waals surface area contributed by atoms with Gasteiger partial charge in [0.05, 0.1) is 12.6 Å². The van der Waals surface area contributed by atoms with Gasteiger partial charge in [0, 0.05) is 12.1 Å². The number of tetrazole rings is 1. The van der Waals surface area contributed by atoms with Crippen LogP contribution in [0.15, 0.2) is 0 Å². The summed E-state index contributed by atoms with van der Waals surface area (Å²) in [5.74, 6) is 1.11. The molecule has 4 rings (SSSR count). The van der Waals surface area contributed by atoms with Gasteiger partial charge in [-0.2, -0.15) is 0 Å². The fourth-order valence-electron chi connectivity index (χ4n) is 4.46. The molecule has 22 heavy (non-hydrogen) atoms. The Hall–Kier alpha value is -0.970. The molecule has 0 aromatic carbocycles. The molecule has 0 N–H and O–H groups in total. The third-order valence-electron chi connectivity index (χ3n) is 5.87. The average Bonchev–Trinajstić information content (AvgIpc) is 3.33. The molecule has 0 radical (unpaired) electrons. The molecule has 0 atom stereocenters. The fraction of sp³-hybridized carbons (Fsp3) is 0.941. The molecule has 3 aliphatic carbocycles. The van der Waals surface area contributed by atoms with Gasteiger partial charge >= 0.3 is 0 Å². The van der Waals surface area contributed by atoms with E-state index in [1.54, 1.807) is 0 Å². The number of nitrogens with zero attached hydrogens (tertiary/aromatic N) is 5. The van der Waals surface area contributed by atoms with Crippen molar-refractivity contribution in [3.63, 3.8) is 0 Å². The van der Waals surface area contributed by atoms with Gasteiger partial charge in [-0.05, 0) is 49.0 Å². The molecule has 5 nitrogen and oxygen atoms in total. The molecular weight excluding hydrogens is 274 g/mol. The van der Waals surface area contributed by atoms with Crippen LogP contribution in [0.5, 0.6) is 0 Å². The van der Waals surface area contributed by atoms with Crippen LogP contribution in [0.25, 0.3) is 0 Å². The molecule has 122 valence electrons. The van der Waals surface area contributed by atoms with Gasteiger partial charge in [0.2, 0.25) is 0 Å². The lowest BCUT2D eigenvalue weighted by atomic mass is 9.88. The van der Waals surface area contributed by atoms with E-state index in [4.69, 9.17) is 0 Å². The summed E-state index contributed by atoms with van der Waals surface area (Å²) >= 11 is 0. The van der Waals surface area contributed by atoms with E-state index in [0.717, 1.165) is 24.5 Å². The van der Waals surface area contributed by atoms with Crippen LogP contribution >= 0.6 is 0 Å². The van der Waals surface area contributed by atoms with Crippen molar-refractivity contribution < 1.29 is 0 Å². The van der Waals surface area contributed by atoms with Crippen LogP contribution in [0.4, 0.5) is 0 Å². The zero-order valence-electron chi connectivity index (χ0n) is 13.7. The normalized spacial score (nSPS) is 25.0. The first-order chi connectivity index (χ1) is 10.9. The molecule has 5 heteroatoms. The Labute approximate surface area is 133 Å². The lowest BCUT2D eigenvalue weighted by Gasteiger charge is -2.41. The Balaban J connectivity index is 1.51. The molecule has 3 aliphatic rings. The predicted octanol–water partition coefficient (Wildman–Crippen LogP) is 3.48. The van der Waals surface area contributed by atoms with Gasteiger partial charge in [0.15, 0.2) is 5.82 Å². The van der Waals surface area contributed by atoms with Crippen molar-refractivity contribution in [1.29, 1.82) is 0 Å². The number of aromatic nitrogens is 4. The second kappa shape index (κ2) is 6.65. The van der Waals surface area contributed by atoms with Gasteiger partial charge in [0.25, 0.3) is 0 Å². The zero-order valence-corrected chi connectivity index (χ0v) is 13.7. The molecule has 0 bridgehead atoms. The Morgan fingerprint density at radius 3 is 1.95 bits per heavy atom. The highest BCUT2D eigenvalue weighted by molar-refractivity contribution is 4.93. The van der Waals surface area contributed by atoms with Crippen molar-refractivity contribution >= 4 is 0 Å². The van der Waals surface area contributed by atoms with E-state index in [1.165, 1.54) is 77.0 Å². The van der Waals surface area contributed by atoms with E-state index in [2.05, 4.69) is 25.1 Å². The average molecular weight is 303 g/mol. The molecule has 3 fully saturated rings. The Morgan fingerprint density at radius 2 is 1.41 bits per heavy atom. The minimum Gasteiger partial charge on any atom is -0.290 e. The van der Waals surface area contributed by atoms with Crippen molar-refractivity contribution in [2.24, 2.45) is 0 Å². The van der Waals surface area contributed by atoms with E-state index in [0.29, 0.717) is 6.04 Å². The summed E-state index contributed by atoms with van der Waals surface area (Å²) in [6, 6.07) is 2.12. The van der Waals surface area contributed by atoms with Crippen molar-refractivity contribution in [3.05, 3.63) is 5.82 Å². The van der Waals surface area contributed by atoms with Crippen LogP contribution in [-0.2, 0) is 6.54 Å². The first-order valence-corrected chi connectivity index (χ1v) is 9.44. The largest absolute Gasteiger partial charge is 0.290 e. The Morgan fingerprint density at radius 1 is 0.818 bits per heavy atom. The Kier molecular flexibility index (Phi) is 4.42. The number of hydrogen-bond donors (Lipinski definition) is 0. The molecule has 0 amide bonds. The van der Waals surface area contributed by atoms with Crippen LogP contribution < -0.4 is 0 Å². The second-order valence-electron chi connectivity index (χ2n) is 7.53. The summed E-state index contributed by atoms with van der Waals surface area (Å²) in [5.41, 5.74) is 0. The summed E-state index contributed by atoms with van der Waals surface area (Å²) in [4.78, 5) is 2.79. The first-order valence-electron chi connectivity index (χ1n) is 9.44. The molecule has 0 saturated heterocycles. The summed E-state index contributed by atoms with van der Waals surface area (Å²) in [7, 11) is 0. The van der Waals surface area contributed by atoms with Gasteiger partial charge in [-0.15, -0.1) is 5.10 Å². The van der Waals surface area contributed by atoms with Crippen LogP contribution in [0, 0.1) is 0 Å². The van der Waals surface area contributed by atoms with Gasteiger partial charge < -0.3 is 0 Å². The van der Waals surface area contributed by atoms with Gasteiger partial charge in [-0.1, -0.05) is 38.5 Å². The topological polar surface area (TPSA) is 46.8 Å². The smallest absolute Gasteiger partial charge is 0.165 e. The van der Waals surface area contributed by atoms with Gasteiger partial charge in [-0.3, -0.25) is 4.90 Å². The maximum Gasteiger partial charge on any atom is 0.165 e. The fourth-order valence-corrected chi connectivity index (χ4v) is 4.46. The Bertz CT molecular complexity index is 451. The quantitative estimate of drug-likeness (QED) is 0.835. The molecule has 1 aromatic rings. The van der Waals surface area contributed by atoms with Gasteiger partial charge in [-0.25, -0.2) is 4.68 Å². The minimum absolute atomic E-state index is 0.588. The van der Waals surface area contributed by atoms with Crippen LogP contribution in [0.1, 0.15) is 88.9 Å². The molecule has 1 aromatic heterocycles. The minimum atomic E-state index is 0.588. The number of rotatable bonds is 5. The van der Waals surface area contributed by atoms with E-state index in [1.807, 2.05) is 0 Å². The van der Waals surface area contributed by atoms with Gasteiger partial charge in [0.1, 0.15) is 0 Å². The van der Waals surface area contributed by atoms with Crippen molar-refractivity contribution in [2.75, 3.05) is 0 Å². The molecular formula is C17H29N5. The highest BCUT2D eigenvalue weighted by Gasteiger charge is 2.32. The van der Waals surface area contributed by atoms with E-state index < -0.39 is 0 Å². The summed E-state index contributed by atoms with van der Waals surface area (Å²) in [5, 5.41) is 12.6. The molecule has 1 heterocycles. The molecule has 0 aliphatic heterocycles. The summed E-state index contributed by atoms with van der Waals surface area (Å²) in [6.07, 6.45) is 16.5. The van der Waals surface area contributed by atoms with Crippen LogP contribution in [0.3, 0.4) is 0 Å². The zero-order chi connectivity index (χ0) is 14.8. The van der Waals surface area contributed by atoms with E-state index in [-0.39, 0.29) is 0 Å². The lowest BCUT2D eigenvalue weighted by molar-refractivity contribution is 0.0689. The SMILES string of the molecule is C1CCC(N(Cc2nnnn2C2CC2)C2CCCCC2)CC1. The maximum atomic E-state index is 4.37. The first kappa shape index (κ1) is 14.6. The highest BCUT2D eigenvalue weighted by atomic mass is 15.6. The van der Waals surface area contributed by atoms with E-state index in [9.17, 15) is 0 Å². The van der Waals surface area contributed by atoms with E-state index >= 15 is 0 Å². The van der Waals surface area contributed by atoms with Crippen molar-refractivity contribution in [1.82, 2.24) is 25.1 Å². The maximum absolute atomic E-state index is 4.37. The third kappa shape index (κ3) is 3.19. The van der Waals surface area contributed by atoms with Crippen molar-refractivity contribution in [3.8, 4) is 0 Å².